The van der Waals surface area contributed by atoms with Crippen molar-refractivity contribution in [2.24, 2.45) is 0 Å². The van der Waals surface area contributed by atoms with Crippen LogP contribution in [0.1, 0.15) is 22.3 Å². The molecule has 9 nitrogen and oxygen atoms in total. The Labute approximate surface area is 331 Å². The number of rotatable bonds is 5. The molecule has 0 N–H and O–H groups in total. The molecule has 0 amide bonds. The zero-order valence-electron chi connectivity index (χ0n) is 30.5. The Bertz CT molecular complexity index is 3510. The molecule has 9 heteroatoms. The fourth-order valence-electron chi connectivity index (χ4n) is 7.89. The van der Waals surface area contributed by atoms with Gasteiger partial charge in [-0.05, 0) is 84.9 Å². The second kappa shape index (κ2) is 13.4. The third-order valence-corrected chi connectivity index (χ3v) is 10.5. The lowest BCUT2D eigenvalue weighted by Crippen LogP contribution is -2.06. The molecule has 58 heavy (non-hydrogen) atoms. The fourth-order valence-corrected chi connectivity index (χ4v) is 7.89. The monoisotopic (exact) mass is 739 g/mol. The summed E-state index contributed by atoms with van der Waals surface area (Å²) >= 11 is 0. The Kier molecular flexibility index (Phi) is 7.80. The van der Waals surface area contributed by atoms with Crippen LogP contribution in [0, 0.1) is 45.3 Å². The number of nitriles is 4. The lowest BCUT2D eigenvalue weighted by Gasteiger charge is -2.17. The summed E-state index contributed by atoms with van der Waals surface area (Å²) in [7, 11) is 0. The van der Waals surface area contributed by atoms with Crippen LogP contribution in [0.2, 0.25) is 0 Å². The Balaban J connectivity index is 1.29. The molecule has 0 aliphatic carbocycles. The average molecular weight is 740 g/mol. The highest BCUT2D eigenvalue weighted by Crippen LogP contribution is 2.39. The zero-order chi connectivity index (χ0) is 39.3. The summed E-state index contributed by atoms with van der Waals surface area (Å²) in [6.45, 7) is 0. The molecular formula is C49H25N9. The highest BCUT2D eigenvalue weighted by atomic mass is 15.1. The molecule has 0 aliphatic rings. The van der Waals surface area contributed by atoms with E-state index in [2.05, 4.69) is 33.4 Å². The van der Waals surface area contributed by atoms with E-state index in [4.69, 9.17) is 15.0 Å². The van der Waals surface area contributed by atoms with Crippen molar-refractivity contribution in [1.82, 2.24) is 24.1 Å². The maximum atomic E-state index is 10.2. The van der Waals surface area contributed by atoms with Gasteiger partial charge in [-0.15, -0.1) is 0 Å². The number of benzene rings is 7. The molecule has 0 unspecified atom stereocenters. The van der Waals surface area contributed by atoms with Crippen LogP contribution in [-0.2, 0) is 0 Å². The first-order chi connectivity index (χ1) is 28.6. The van der Waals surface area contributed by atoms with Gasteiger partial charge in [-0.25, -0.2) is 15.0 Å². The maximum Gasteiger partial charge on any atom is 0.166 e. The lowest BCUT2D eigenvalue weighted by atomic mass is 10.1. The van der Waals surface area contributed by atoms with Crippen molar-refractivity contribution in [2.45, 2.75) is 0 Å². The number of hydrogen-bond acceptors (Lipinski definition) is 7. The molecule has 0 radical (unpaired) electrons. The molecule has 0 bridgehead atoms. The maximum absolute atomic E-state index is 10.2. The van der Waals surface area contributed by atoms with Gasteiger partial charge in [-0.2, -0.15) is 21.0 Å². The largest absolute Gasteiger partial charge is 0.308 e. The van der Waals surface area contributed by atoms with Crippen LogP contribution >= 0.6 is 0 Å². The van der Waals surface area contributed by atoms with Gasteiger partial charge in [0.25, 0.3) is 0 Å². The van der Waals surface area contributed by atoms with Gasteiger partial charge in [0.15, 0.2) is 17.5 Å². The molecule has 0 atom stereocenters. The van der Waals surface area contributed by atoms with Gasteiger partial charge >= 0.3 is 0 Å². The number of para-hydroxylation sites is 2. The zero-order valence-corrected chi connectivity index (χ0v) is 30.5. The summed E-state index contributed by atoms with van der Waals surface area (Å²) in [6.07, 6.45) is 0. The van der Waals surface area contributed by atoms with E-state index in [-0.39, 0.29) is 0 Å². The van der Waals surface area contributed by atoms with E-state index in [9.17, 15) is 21.0 Å². The molecule has 10 aromatic rings. The molecule has 10 rings (SSSR count). The Morgan fingerprint density at radius 3 is 1.40 bits per heavy atom. The van der Waals surface area contributed by atoms with Crippen LogP contribution < -0.4 is 0 Å². The molecule has 0 aliphatic heterocycles. The molecule has 0 saturated heterocycles. The smallest absolute Gasteiger partial charge is 0.166 e. The summed E-state index contributed by atoms with van der Waals surface area (Å²) in [5.74, 6) is 1.12. The van der Waals surface area contributed by atoms with Gasteiger partial charge < -0.3 is 9.13 Å². The first-order valence-corrected chi connectivity index (χ1v) is 18.3. The molecule has 3 aromatic heterocycles. The first kappa shape index (κ1) is 33.7. The Hall–Kier alpha value is -8.89. The van der Waals surface area contributed by atoms with E-state index in [0.29, 0.717) is 56.5 Å². The number of aromatic nitrogens is 5. The molecule has 7 aromatic carbocycles. The van der Waals surface area contributed by atoms with E-state index < -0.39 is 0 Å². The number of nitrogens with zero attached hydrogens (tertiary/aromatic N) is 9. The first-order valence-electron chi connectivity index (χ1n) is 18.3. The standard InChI is InChI=1S/C49H25N9/c50-26-30-15-19-43-38(22-30)35-10-4-6-12-41(35)57(43)45-21-17-32(28-52)24-40(45)49-55-47(34-8-2-1-3-9-34)54-48(56-49)37-18-14-33(29-53)25-46(37)58-42-13-7-5-11-36(42)39-23-31(27-51)16-20-44(39)58/h1-25H. The van der Waals surface area contributed by atoms with E-state index in [0.717, 1.165) is 54.9 Å². The van der Waals surface area contributed by atoms with E-state index >= 15 is 0 Å². The molecule has 3 heterocycles. The Morgan fingerprint density at radius 1 is 0.345 bits per heavy atom. The van der Waals surface area contributed by atoms with Crippen LogP contribution in [0.3, 0.4) is 0 Å². The van der Waals surface area contributed by atoms with Crippen LogP contribution in [0.25, 0.3) is 89.2 Å². The van der Waals surface area contributed by atoms with Crippen LogP contribution in [0.5, 0.6) is 0 Å². The van der Waals surface area contributed by atoms with Crippen molar-refractivity contribution in [3.63, 3.8) is 0 Å². The van der Waals surface area contributed by atoms with E-state index in [1.165, 1.54) is 0 Å². The van der Waals surface area contributed by atoms with Crippen molar-refractivity contribution in [1.29, 1.82) is 21.0 Å². The van der Waals surface area contributed by atoms with Crippen LogP contribution in [-0.4, -0.2) is 24.1 Å². The Morgan fingerprint density at radius 2 is 0.793 bits per heavy atom. The molecule has 266 valence electrons. The van der Waals surface area contributed by atoms with Gasteiger partial charge in [-0.3, -0.25) is 0 Å². The summed E-state index contributed by atoms with van der Waals surface area (Å²) < 4.78 is 4.21. The summed E-state index contributed by atoms with van der Waals surface area (Å²) in [6, 6.07) is 57.0. The summed E-state index contributed by atoms with van der Waals surface area (Å²) in [5.41, 5.74) is 8.92. The van der Waals surface area contributed by atoms with Gasteiger partial charge in [-0.1, -0.05) is 66.7 Å². The van der Waals surface area contributed by atoms with Gasteiger partial charge in [0.05, 0.1) is 80.0 Å². The fraction of sp³-hybridized carbons (Fsp3) is 0. The van der Waals surface area contributed by atoms with Crippen LogP contribution in [0.15, 0.2) is 152 Å². The van der Waals surface area contributed by atoms with E-state index in [1.807, 2.05) is 121 Å². The van der Waals surface area contributed by atoms with Crippen molar-refractivity contribution in [3.8, 4) is 69.8 Å². The summed E-state index contributed by atoms with van der Waals surface area (Å²) in [4.78, 5) is 15.4. The predicted molar refractivity (Wildman–Crippen MR) is 224 cm³/mol. The van der Waals surface area contributed by atoms with Crippen molar-refractivity contribution in [3.05, 3.63) is 174 Å². The predicted octanol–water partition coefficient (Wildman–Crippen LogP) is 10.6. The number of hydrogen-bond donors (Lipinski definition) is 0. The minimum atomic E-state index is 0.340. The molecule has 0 fully saturated rings. The third-order valence-electron chi connectivity index (χ3n) is 10.5. The topological polar surface area (TPSA) is 144 Å². The normalized spacial score (nSPS) is 11.0. The highest BCUT2D eigenvalue weighted by Gasteiger charge is 2.23. The van der Waals surface area contributed by atoms with Crippen molar-refractivity contribution >= 4 is 43.6 Å². The average Bonchev–Trinajstić information content (AvgIpc) is 3.80. The SMILES string of the molecule is N#Cc1ccc(-n2c3ccccc3c3cc(C#N)ccc32)c(-c2nc(-c3ccccc3)nc(-c3ccc(C#N)cc3-n3c4ccccc4c4cc(C#N)ccc43)n2)c1. The van der Waals surface area contributed by atoms with E-state index in [1.54, 1.807) is 30.3 Å². The lowest BCUT2D eigenvalue weighted by molar-refractivity contribution is 1.06. The van der Waals surface area contributed by atoms with Crippen molar-refractivity contribution < 1.29 is 0 Å². The minimum Gasteiger partial charge on any atom is -0.308 e. The third kappa shape index (κ3) is 5.33. The molecule has 0 spiro atoms. The highest BCUT2D eigenvalue weighted by molar-refractivity contribution is 6.11. The van der Waals surface area contributed by atoms with Crippen LogP contribution in [0.4, 0.5) is 0 Å². The summed E-state index contributed by atoms with van der Waals surface area (Å²) in [5, 5.41) is 43.7. The quantitative estimate of drug-likeness (QED) is 0.171. The van der Waals surface area contributed by atoms with Gasteiger partial charge in [0, 0.05) is 38.2 Å². The van der Waals surface area contributed by atoms with Crippen molar-refractivity contribution in [2.75, 3.05) is 0 Å². The molecular weight excluding hydrogens is 715 g/mol. The number of fused-ring (bicyclic) bond motifs is 6. The molecule has 0 saturated carbocycles. The second-order valence-corrected chi connectivity index (χ2v) is 13.8. The van der Waals surface area contributed by atoms with Gasteiger partial charge in [0.1, 0.15) is 0 Å². The minimum absolute atomic E-state index is 0.340. The second-order valence-electron chi connectivity index (χ2n) is 13.8. The van der Waals surface area contributed by atoms with Gasteiger partial charge in [0.2, 0.25) is 0 Å².